The minimum Gasteiger partial charge on any atom is -0.497 e. The first kappa shape index (κ1) is 19.0. The van der Waals surface area contributed by atoms with Crippen molar-refractivity contribution >= 4 is 23.4 Å². The number of anilines is 2. The van der Waals surface area contributed by atoms with E-state index < -0.39 is 0 Å². The molecule has 0 aromatic heterocycles. The highest BCUT2D eigenvalue weighted by Crippen LogP contribution is 2.24. The van der Waals surface area contributed by atoms with E-state index in [1.807, 2.05) is 54.6 Å². The van der Waals surface area contributed by atoms with Gasteiger partial charge < -0.3 is 20.5 Å². The topological polar surface area (TPSA) is 73.6 Å². The fraction of sp³-hybridized carbons (Fsp3) is 0.0870. The molecule has 0 aliphatic rings. The lowest BCUT2D eigenvalue weighted by Crippen LogP contribution is -2.09. The quantitative estimate of drug-likeness (QED) is 0.471. The van der Waals surface area contributed by atoms with E-state index in [9.17, 15) is 4.79 Å². The van der Waals surface area contributed by atoms with Gasteiger partial charge in [-0.25, -0.2) is 0 Å². The molecule has 0 unspecified atom stereocenters. The fourth-order valence-electron chi connectivity index (χ4n) is 2.54. The van der Waals surface area contributed by atoms with E-state index in [0.29, 0.717) is 23.7 Å². The maximum atomic E-state index is 12.1. The molecule has 0 aliphatic heterocycles. The second-order valence-corrected chi connectivity index (χ2v) is 6.12. The van der Waals surface area contributed by atoms with Crippen LogP contribution in [0.4, 0.5) is 11.4 Å². The SMILES string of the molecule is COc1ccc(NC(=O)/C=C/c2ccc(OCc3ccccc3)cc2)c(N)c1. The van der Waals surface area contributed by atoms with Crippen LogP contribution in [0.15, 0.2) is 78.9 Å². The molecule has 3 aromatic rings. The Hall–Kier alpha value is -3.73. The molecule has 5 heteroatoms. The number of nitrogen functional groups attached to an aromatic ring is 1. The van der Waals surface area contributed by atoms with Crippen LogP contribution in [0.2, 0.25) is 0 Å². The lowest BCUT2D eigenvalue weighted by Gasteiger charge is -2.08. The number of nitrogens with one attached hydrogen (secondary N) is 1. The van der Waals surface area contributed by atoms with Crippen LogP contribution in [-0.2, 0) is 11.4 Å². The zero-order valence-corrected chi connectivity index (χ0v) is 15.6. The van der Waals surface area contributed by atoms with Crippen molar-refractivity contribution < 1.29 is 14.3 Å². The summed E-state index contributed by atoms with van der Waals surface area (Å²) in [7, 11) is 1.56. The van der Waals surface area contributed by atoms with Gasteiger partial charge in [0.15, 0.2) is 0 Å². The molecule has 5 nitrogen and oxygen atoms in total. The lowest BCUT2D eigenvalue weighted by atomic mass is 10.2. The molecule has 0 aliphatic carbocycles. The number of benzene rings is 3. The molecule has 3 rings (SSSR count). The van der Waals surface area contributed by atoms with Gasteiger partial charge in [-0.2, -0.15) is 0 Å². The molecule has 3 N–H and O–H groups in total. The summed E-state index contributed by atoms with van der Waals surface area (Å²) in [6, 6.07) is 22.6. The van der Waals surface area contributed by atoms with Crippen molar-refractivity contribution in [1.82, 2.24) is 0 Å². The number of rotatable bonds is 7. The number of carbonyl (C=O) groups is 1. The number of hydrogen-bond acceptors (Lipinski definition) is 4. The molecule has 0 spiro atoms. The van der Waals surface area contributed by atoms with E-state index in [1.165, 1.54) is 6.08 Å². The van der Waals surface area contributed by atoms with E-state index >= 15 is 0 Å². The Kier molecular flexibility index (Phi) is 6.31. The number of hydrogen-bond donors (Lipinski definition) is 2. The van der Waals surface area contributed by atoms with Gasteiger partial charge >= 0.3 is 0 Å². The minimum atomic E-state index is -0.263. The predicted molar refractivity (Wildman–Crippen MR) is 112 cm³/mol. The van der Waals surface area contributed by atoms with Gasteiger partial charge in [0.2, 0.25) is 5.91 Å². The maximum absolute atomic E-state index is 12.1. The first-order valence-corrected chi connectivity index (χ1v) is 8.83. The van der Waals surface area contributed by atoms with Gasteiger partial charge in [0.05, 0.1) is 18.5 Å². The van der Waals surface area contributed by atoms with Crippen LogP contribution in [0.5, 0.6) is 11.5 Å². The van der Waals surface area contributed by atoms with Crippen molar-refractivity contribution in [2.75, 3.05) is 18.2 Å². The van der Waals surface area contributed by atoms with Gasteiger partial charge in [-0.3, -0.25) is 4.79 Å². The summed E-state index contributed by atoms with van der Waals surface area (Å²) in [5.41, 5.74) is 8.90. The van der Waals surface area contributed by atoms with Gasteiger partial charge in [0, 0.05) is 12.1 Å². The summed E-state index contributed by atoms with van der Waals surface area (Å²) < 4.78 is 10.9. The van der Waals surface area contributed by atoms with Crippen molar-refractivity contribution in [3.8, 4) is 11.5 Å². The number of methoxy groups -OCH3 is 1. The normalized spacial score (nSPS) is 10.6. The third-order valence-electron chi connectivity index (χ3n) is 4.07. The average Bonchev–Trinajstić information content (AvgIpc) is 2.73. The van der Waals surface area contributed by atoms with Crippen LogP contribution in [0.25, 0.3) is 6.08 Å². The molecule has 28 heavy (non-hydrogen) atoms. The highest BCUT2D eigenvalue weighted by atomic mass is 16.5. The highest BCUT2D eigenvalue weighted by molar-refractivity contribution is 6.03. The Morgan fingerprint density at radius 2 is 1.71 bits per heavy atom. The van der Waals surface area contributed by atoms with Gasteiger partial charge in [0.25, 0.3) is 0 Å². The molecular formula is C23H22N2O3. The predicted octanol–water partition coefficient (Wildman–Crippen LogP) is 4.51. The van der Waals surface area contributed by atoms with E-state index in [4.69, 9.17) is 15.2 Å². The van der Waals surface area contributed by atoms with Gasteiger partial charge in [0.1, 0.15) is 18.1 Å². The monoisotopic (exact) mass is 374 g/mol. The summed E-state index contributed by atoms with van der Waals surface area (Å²) >= 11 is 0. The van der Waals surface area contributed by atoms with E-state index in [2.05, 4.69) is 5.32 Å². The van der Waals surface area contributed by atoms with Gasteiger partial charge in [-0.1, -0.05) is 42.5 Å². The third kappa shape index (κ3) is 5.38. The van der Waals surface area contributed by atoms with Crippen LogP contribution < -0.4 is 20.5 Å². The summed E-state index contributed by atoms with van der Waals surface area (Å²) in [6.07, 6.45) is 3.19. The first-order chi connectivity index (χ1) is 13.6. The second-order valence-electron chi connectivity index (χ2n) is 6.12. The molecule has 0 radical (unpaired) electrons. The number of amides is 1. The molecule has 142 valence electrons. The lowest BCUT2D eigenvalue weighted by molar-refractivity contribution is -0.111. The Morgan fingerprint density at radius 3 is 2.39 bits per heavy atom. The van der Waals surface area contributed by atoms with Crippen LogP contribution in [0.1, 0.15) is 11.1 Å². The fourth-order valence-corrected chi connectivity index (χ4v) is 2.54. The Morgan fingerprint density at radius 1 is 1.00 bits per heavy atom. The summed E-state index contributed by atoms with van der Waals surface area (Å²) in [5.74, 6) is 1.15. The summed E-state index contributed by atoms with van der Waals surface area (Å²) in [5, 5.41) is 2.75. The van der Waals surface area contributed by atoms with E-state index in [1.54, 1.807) is 31.4 Å². The average molecular weight is 374 g/mol. The van der Waals surface area contributed by atoms with Crippen molar-refractivity contribution in [2.24, 2.45) is 0 Å². The second kappa shape index (κ2) is 9.28. The highest BCUT2D eigenvalue weighted by Gasteiger charge is 2.04. The molecule has 0 atom stereocenters. The zero-order valence-electron chi connectivity index (χ0n) is 15.6. The zero-order chi connectivity index (χ0) is 19.8. The first-order valence-electron chi connectivity index (χ1n) is 8.83. The number of carbonyl (C=O) groups excluding carboxylic acids is 1. The number of nitrogens with two attached hydrogens (primary N) is 1. The third-order valence-corrected chi connectivity index (χ3v) is 4.07. The summed E-state index contributed by atoms with van der Waals surface area (Å²) in [6.45, 7) is 0.516. The van der Waals surface area contributed by atoms with E-state index in [-0.39, 0.29) is 5.91 Å². The minimum absolute atomic E-state index is 0.263. The molecule has 0 fully saturated rings. The standard InChI is InChI=1S/C23H22N2O3/c1-27-20-12-13-22(21(24)15-20)25-23(26)14-9-17-7-10-19(11-8-17)28-16-18-5-3-2-4-6-18/h2-15H,16,24H2,1H3,(H,25,26)/b14-9+. The largest absolute Gasteiger partial charge is 0.497 e. The van der Waals surface area contributed by atoms with Crippen LogP contribution in [0.3, 0.4) is 0 Å². The van der Waals surface area contributed by atoms with E-state index in [0.717, 1.165) is 16.9 Å². The van der Waals surface area contributed by atoms with Crippen molar-refractivity contribution in [3.63, 3.8) is 0 Å². The number of ether oxygens (including phenoxy) is 2. The van der Waals surface area contributed by atoms with Gasteiger partial charge in [-0.05, 0) is 41.5 Å². The molecule has 3 aromatic carbocycles. The van der Waals surface area contributed by atoms with Crippen molar-refractivity contribution in [3.05, 3.63) is 90.0 Å². The molecule has 0 saturated heterocycles. The van der Waals surface area contributed by atoms with Crippen LogP contribution >= 0.6 is 0 Å². The smallest absolute Gasteiger partial charge is 0.248 e. The Balaban J connectivity index is 1.54. The molecule has 0 bridgehead atoms. The van der Waals surface area contributed by atoms with Crippen molar-refractivity contribution in [1.29, 1.82) is 0 Å². The van der Waals surface area contributed by atoms with Crippen LogP contribution in [0, 0.1) is 0 Å². The van der Waals surface area contributed by atoms with Crippen LogP contribution in [-0.4, -0.2) is 13.0 Å². The summed E-state index contributed by atoms with van der Waals surface area (Å²) in [4.78, 5) is 12.1. The molecular weight excluding hydrogens is 352 g/mol. The molecule has 0 heterocycles. The maximum Gasteiger partial charge on any atom is 0.248 e. The Bertz CT molecular complexity index is 951. The molecule has 1 amide bonds. The van der Waals surface area contributed by atoms with Crippen molar-refractivity contribution in [2.45, 2.75) is 6.61 Å². The van der Waals surface area contributed by atoms with Gasteiger partial charge in [-0.15, -0.1) is 0 Å². The molecule has 0 saturated carbocycles. The Labute approximate surface area is 164 Å².